The molecule has 0 saturated carbocycles. The Hall–Kier alpha value is -2.47. The molecular formula is C20H20ClNO5. The van der Waals surface area contributed by atoms with E-state index >= 15 is 0 Å². The van der Waals surface area contributed by atoms with E-state index in [4.69, 9.17) is 25.8 Å². The number of ketones is 1. The van der Waals surface area contributed by atoms with Gasteiger partial charge in [0.2, 0.25) is 6.79 Å². The second-order valence-electron chi connectivity index (χ2n) is 6.71. The Morgan fingerprint density at radius 2 is 2.04 bits per heavy atom. The topological polar surface area (TPSA) is 73.9 Å². The molecule has 0 radical (unpaired) electrons. The number of Topliss-reactive ketones (excluding diaryl/α,β-unsaturated/α-hetero) is 1. The number of carbonyl (C=O) groups excluding carboxylic acids is 2. The van der Waals surface area contributed by atoms with Crippen LogP contribution in [0.1, 0.15) is 44.6 Å². The van der Waals surface area contributed by atoms with Crippen molar-refractivity contribution in [1.82, 2.24) is 5.32 Å². The molecule has 0 aromatic heterocycles. The summed E-state index contributed by atoms with van der Waals surface area (Å²) in [7, 11) is 0. The van der Waals surface area contributed by atoms with Gasteiger partial charge in [0.25, 0.3) is 0 Å². The summed E-state index contributed by atoms with van der Waals surface area (Å²) in [5, 5.41) is 3.67. The SMILES string of the molecule is CCOC(=O)C1=C(C)NC2=C(C(=O)CCC2)[C@H]1c1cc2c(cc1Cl)OCO2. The number of carbonyl (C=O) groups is 2. The number of ether oxygens (including phenoxy) is 3. The van der Waals surface area contributed by atoms with Gasteiger partial charge in [0.1, 0.15) is 0 Å². The molecule has 0 spiro atoms. The second-order valence-corrected chi connectivity index (χ2v) is 7.12. The Labute approximate surface area is 162 Å². The summed E-state index contributed by atoms with van der Waals surface area (Å²) in [4.78, 5) is 25.6. The van der Waals surface area contributed by atoms with Gasteiger partial charge in [-0.3, -0.25) is 4.79 Å². The van der Waals surface area contributed by atoms with Crippen LogP contribution >= 0.6 is 11.6 Å². The summed E-state index contributed by atoms with van der Waals surface area (Å²) in [5.74, 6) is 0.0949. The lowest BCUT2D eigenvalue weighted by molar-refractivity contribution is -0.138. The molecule has 27 heavy (non-hydrogen) atoms. The second kappa shape index (κ2) is 6.93. The molecule has 4 rings (SSSR count). The van der Waals surface area contributed by atoms with Gasteiger partial charge >= 0.3 is 5.97 Å². The van der Waals surface area contributed by atoms with Crippen LogP contribution in [0.5, 0.6) is 11.5 Å². The number of benzene rings is 1. The lowest BCUT2D eigenvalue weighted by Crippen LogP contribution is -2.34. The number of nitrogens with one attached hydrogen (secondary N) is 1. The predicted octanol–water partition coefficient (Wildman–Crippen LogP) is 3.60. The van der Waals surface area contributed by atoms with Crippen LogP contribution < -0.4 is 14.8 Å². The van der Waals surface area contributed by atoms with Crippen molar-refractivity contribution in [3.63, 3.8) is 0 Å². The van der Waals surface area contributed by atoms with Crippen LogP contribution in [-0.2, 0) is 14.3 Å². The molecule has 0 amide bonds. The monoisotopic (exact) mass is 389 g/mol. The van der Waals surface area contributed by atoms with E-state index < -0.39 is 11.9 Å². The van der Waals surface area contributed by atoms with Crippen molar-refractivity contribution in [1.29, 1.82) is 0 Å². The summed E-state index contributed by atoms with van der Waals surface area (Å²) in [6.45, 7) is 3.94. The third-order valence-electron chi connectivity index (χ3n) is 5.07. The molecule has 7 heteroatoms. The van der Waals surface area contributed by atoms with E-state index in [1.54, 1.807) is 19.1 Å². The van der Waals surface area contributed by atoms with E-state index in [0.717, 1.165) is 18.5 Å². The molecule has 142 valence electrons. The highest BCUT2D eigenvalue weighted by Crippen LogP contribution is 2.47. The molecule has 0 saturated heterocycles. The highest BCUT2D eigenvalue weighted by molar-refractivity contribution is 6.32. The van der Waals surface area contributed by atoms with E-state index in [-0.39, 0.29) is 19.2 Å². The smallest absolute Gasteiger partial charge is 0.336 e. The van der Waals surface area contributed by atoms with Crippen molar-refractivity contribution < 1.29 is 23.8 Å². The number of allylic oxidation sites excluding steroid dienone is 3. The Balaban J connectivity index is 1.91. The zero-order valence-corrected chi connectivity index (χ0v) is 15.9. The summed E-state index contributed by atoms with van der Waals surface area (Å²) in [6.07, 6.45) is 2.00. The van der Waals surface area contributed by atoms with Gasteiger partial charge in [-0.05, 0) is 38.3 Å². The van der Waals surface area contributed by atoms with Crippen molar-refractivity contribution in [2.24, 2.45) is 0 Å². The average molecular weight is 390 g/mol. The number of hydrogen-bond donors (Lipinski definition) is 1. The molecule has 0 fully saturated rings. The molecule has 2 aliphatic heterocycles. The third kappa shape index (κ3) is 2.98. The molecule has 2 heterocycles. The fraction of sp³-hybridized carbons (Fsp3) is 0.400. The van der Waals surface area contributed by atoms with Crippen molar-refractivity contribution in [3.8, 4) is 11.5 Å². The van der Waals surface area contributed by atoms with Crippen molar-refractivity contribution >= 4 is 23.4 Å². The Morgan fingerprint density at radius 1 is 1.30 bits per heavy atom. The fourth-order valence-corrected chi connectivity index (χ4v) is 4.19. The van der Waals surface area contributed by atoms with E-state index in [9.17, 15) is 9.59 Å². The van der Waals surface area contributed by atoms with Gasteiger partial charge in [-0.15, -0.1) is 0 Å². The lowest BCUT2D eigenvalue weighted by atomic mass is 9.75. The number of esters is 1. The van der Waals surface area contributed by atoms with Gasteiger partial charge in [-0.1, -0.05) is 11.6 Å². The first kappa shape index (κ1) is 17.9. The molecule has 0 unspecified atom stereocenters. The zero-order chi connectivity index (χ0) is 19.1. The maximum absolute atomic E-state index is 12.8. The fourth-order valence-electron chi connectivity index (χ4n) is 3.93. The molecule has 1 aliphatic carbocycles. The van der Waals surface area contributed by atoms with Gasteiger partial charge in [-0.2, -0.15) is 0 Å². The normalized spacial score (nSPS) is 21.1. The lowest BCUT2D eigenvalue weighted by Gasteiger charge is -2.34. The number of dihydropyridines is 1. The first-order valence-electron chi connectivity index (χ1n) is 9.01. The summed E-state index contributed by atoms with van der Waals surface area (Å²) in [6, 6.07) is 3.44. The number of rotatable bonds is 3. The Bertz CT molecular complexity index is 902. The van der Waals surface area contributed by atoms with Crippen LogP contribution in [0, 0.1) is 0 Å². The van der Waals surface area contributed by atoms with Gasteiger partial charge in [0.05, 0.1) is 12.2 Å². The molecule has 1 N–H and O–H groups in total. The molecule has 3 aliphatic rings. The third-order valence-corrected chi connectivity index (χ3v) is 5.40. The van der Waals surface area contributed by atoms with Crippen LogP contribution in [0.25, 0.3) is 0 Å². The van der Waals surface area contributed by atoms with Gasteiger partial charge in [0, 0.05) is 40.4 Å². The maximum Gasteiger partial charge on any atom is 0.336 e. The first-order valence-corrected chi connectivity index (χ1v) is 9.39. The van der Waals surface area contributed by atoms with Crippen LogP contribution in [0.15, 0.2) is 34.7 Å². The van der Waals surface area contributed by atoms with Gasteiger partial charge in [-0.25, -0.2) is 4.79 Å². The van der Waals surface area contributed by atoms with Gasteiger partial charge < -0.3 is 19.5 Å². The Kier molecular flexibility index (Phi) is 4.60. The van der Waals surface area contributed by atoms with Crippen molar-refractivity contribution in [2.45, 2.75) is 39.0 Å². The highest BCUT2D eigenvalue weighted by atomic mass is 35.5. The standard InChI is InChI=1S/C20H20ClNO5/c1-3-25-20(24)17-10(2)22-13-5-4-6-14(23)19(13)18(17)11-7-15-16(8-12(11)21)27-9-26-15/h7-8,18,22H,3-6,9H2,1-2H3/t18-/m0/s1. The molecule has 6 nitrogen and oxygen atoms in total. The van der Waals surface area contributed by atoms with E-state index in [0.29, 0.717) is 45.3 Å². The first-order chi connectivity index (χ1) is 13.0. The van der Waals surface area contributed by atoms with Crippen LogP contribution in [0.2, 0.25) is 5.02 Å². The summed E-state index contributed by atoms with van der Waals surface area (Å²) < 4.78 is 16.2. The minimum atomic E-state index is -0.588. The molecule has 0 bridgehead atoms. The van der Waals surface area contributed by atoms with Crippen LogP contribution in [0.4, 0.5) is 0 Å². The Morgan fingerprint density at radius 3 is 2.78 bits per heavy atom. The van der Waals surface area contributed by atoms with Gasteiger partial charge in [0.15, 0.2) is 17.3 Å². The number of hydrogen-bond acceptors (Lipinski definition) is 6. The number of fused-ring (bicyclic) bond motifs is 1. The quantitative estimate of drug-likeness (QED) is 0.796. The van der Waals surface area contributed by atoms with E-state index in [1.165, 1.54) is 0 Å². The van der Waals surface area contributed by atoms with Crippen molar-refractivity contribution in [2.75, 3.05) is 13.4 Å². The molecule has 1 atom stereocenters. The summed E-state index contributed by atoms with van der Waals surface area (Å²) in [5.41, 5.74) is 3.19. The largest absolute Gasteiger partial charge is 0.463 e. The summed E-state index contributed by atoms with van der Waals surface area (Å²) >= 11 is 6.55. The minimum absolute atomic E-state index is 0.0248. The van der Waals surface area contributed by atoms with E-state index in [2.05, 4.69) is 5.32 Å². The van der Waals surface area contributed by atoms with E-state index in [1.807, 2.05) is 6.92 Å². The number of halogens is 1. The average Bonchev–Trinajstić information content (AvgIpc) is 3.07. The highest BCUT2D eigenvalue weighted by Gasteiger charge is 2.40. The predicted molar refractivity (Wildman–Crippen MR) is 98.7 cm³/mol. The zero-order valence-electron chi connectivity index (χ0n) is 15.2. The minimum Gasteiger partial charge on any atom is -0.463 e. The van der Waals surface area contributed by atoms with Crippen LogP contribution in [-0.4, -0.2) is 25.2 Å². The molecular weight excluding hydrogens is 370 g/mol. The van der Waals surface area contributed by atoms with Crippen molar-refractivity contribution in [3.05, 3.63) is 45.3 Å². The molecule has 1 aromatic rings. The maximum atomic E-state index is 12.8. The molecule has 1 aromatic carbocycles. The van der Waals surface area contributed by atoms with Crippen LogP contribution in [0.3, 0.4) is 0 Å².